The lowest BCUT2D eigenvalue weighted by molar-refractivity contribution is -0.133. The van der Waals surface area contributed by atoms with E-state index in [1.165, 1.54) is 5.56 Å². The quantitative estimate of drug-likeness (QED) is 0.827. The van der Waals surface area contributed by atoms with Crippen molar-refractivity contribution in [1.29, 1.82) is 0 Å². The van der Waals surface area contributed by atoms with Crippen molar-refractivity contribution in [3.05, 3.63) is 35.9 Å². The van der Waals surface area contributed by atoms with Crippen molar-refractivity contribution < 1.29 is 9.59 Å². The maximum Gasteiger partial charge on any atom is 0.242 e. The molecule has 1 heterocycles. The average Bonchev–Trinajstić information content (AvgIpc) is 3.03. The molecule has 0 aromatic heterocycles. The Morgan fingerprint density at radius 2 is 2.04 bits per heavy atom. The Labute approximate surface area is 144 Å². The SMILES string of the molecule is CCC(c1ccccc1)C1CCCN1C(=O)CNC(=O)CN.Cl. The molecular formula is C17H26ClN3O2. The number of halogens is 1. The highest BCUT2D eigenvalue weighted by atomic mass is 35.5. The van der Waals surface area contributed by atoms with Gasteiger partial charge >= 0.3 is 0 Å². The van der Waals surface area contributed by atoms with Crippen LogP contribution in [0.2, 0.25) is 0 Å². The Morgan fingerprint density at radius 3 is 2.65 bits per heavy atom. The van der Waals surface area contributed by atoms with Crippen LogP contribution in [0.15, 0.2) is 30.3 Å². The van der Waals surface area contributed by atoms with E-state index in [0.29, 0.717) is 5.92 Å². The minimum absolute atomic E-state index is 0. The summed E-state index contributed by atoms with van der Waals surface area (Å²) in [5.74, 6) is 0.0377. The van der Waals surface area contributed by atoms with Crippen LogP contribution in [0.5, 0.6) is 0 Å². The molecule has 2 rings (SSSR count). The third-order valence-corrected chi connectivity index (χ3v) is 4.37. The Bertz CT molecular complexity index is 510. The number of amides is 2. The number of nitrogens with one attached hydrogen (secondary N) is 1. The normalized spacial score (nSPS) is 18.2. The molecule has 1 saturated heterocycles. The van der Waals surface area contributed by atoms with Gasteiger partial charge in [0.25, 0.3) is 0 Å². The van der Waals surface area contributed by atoms with E-state index in [4.69, 9.17) is 5.73 Å². The fourth-order valence-electron chi connectivity index (χ4n) is 3.30. The molecule has 1 aromatic rings. The summed E-state index contributed by atoms with van der Waals surface area (Å²) in [6.45, 7) is 2.89. The summed E-state index contributed by atoms with van der Waals surface area (Å²) in [6, 6.07) is 10.6. The summed E-state index contributed by atoms with van der Waals surface area (Å²) in [5.41, 5.74) is 6.53. The third kappa shape index (κ3) is 4.94. The summed E-state index contributed by atoms with van der Waals surface area (Å²) in [6.07, 6.45) is 3.03. The van der Waals surface area contributed by atoms with Crippen LogP contribution >= 0.6 is 12.4 Å². The smallest absolute Gasteiger partial charge is 0.242 e. The first-order chi connectivity index (χ1) is 10.7. The van der Waals surface area contributed by atoms with Gasteiger partial charge < -0.3 is 16.0 Å². The summed E-state index contributed by atoms with van der Waals surface area (Å²) in [7, 11) is 0. The maximum atomic E-state index is 12.4. The van der Waals surface area contributed by atoms with E-state index in [2.05, 4.69) is 24.4 Å². The van der Waals surface area contributed by atoms with Gasteiger partial charge in [0, 0.05) is 18.5 Å². The zero-order valence-corrected chi connectivity index (χ0v) is 14.3. The van der Waals surface area contributed by atoms with Crippen LogP contribution in [0.25, 0.3) is 0 Å². The minimum atomic E-state index is -0.292. The molecule has 2 atom stereocenters. The van der Waals surface area contributed by atoms with Gasteiger partial charge in [0.2, 0.25) is 11.8 Å². The second-order valence-electron chi connectivity index (χ2n) is 5.70. The summed E-state index contributed by atoms with van der Waals surface area (Å²) >= 11 is 0. The highest BCUT2D eigenvalue weighted by Crippen LogP contribution is 2.33. The van der Waals surface area contributed by atoms with Crippen LogP contribution in [0.1, 0.15) is 37.7 Å². The number of benzene rings is 1. The molecule has 6 heteroatoms. The maximum absolute atomic E-state index is 12.4. The monoisotopic (exact) mass is 339 g/mol. The molecule has 1 aliphatic heterocycles. The van der Waals surface area contributed by atoms with Gasteiger partial charge in [0.05, 0.1) is 13.1 Å². The Balaban J connectivity index is 0.00000264. The minimum Gasteiger partial charge on any atom is -0.346 e. The van der Waals surface area contributed by atoms with E-state index in [1.54, 1.807) is 0 Å². The van der Waals surface area contributed by atoms with E-state index in [-0.39, 0.29) is 43.4 Å². The van der Waals surface area contributed by atoms with Crippen molar-refractivity contribution in [3.63, 3.8) is 0 Å². The predicted molar refractivity (Wildman–Crippen MR) is 93.5 cm³/mol. The fourth-order valence-corrected chi connectivity index (χ4v) is 3.30. The van der Waals surface area contributed by atoms with Crippen LogP contribution < -0.4 is 11.1 Å². The number of rotatable bonds is 6. The van der Waals surface area contributed by atoms with E-state index >= 15 is 0 Å². The number of carbonyl (C=O) groups is 2. The molecule has 1 aliphatic rings. The van der Waals surface area contributed by atoms with Crippen LogP contribution in [-0.2, 0) is 9.59 Å². The van der Waals surface area contributed by atoms with Gasteiger partial charge in [-0.1, -0.05) is 37.3 Å². The van der Waals surface area contributed by atoms with Gasteiger partial charge in [0.1, 0.15) is 0 Å². The molecular weight excluding hydrogens is 314 g/mol. The van der Waals surface area contributed by atoms with Crippen molar-refractivity contribution in [3.8, 4) is 0 Å². The first-order valence-corrected chi connectivity index (χ1v) is 7.98. The molecule has 1 fully saturated rings. The Hall–Kier alpha value is -1.59. The number of likely N-dealkylation sites (tertiary alicyclic amines) is 1. The van der Waals surface area contributed by atoms with E-state index < -0.39 is 0 Å². The molecule has 0 saturated carbocycles. The Morgan fingerprint density at radius 1 is 1.35 bits per heavy atom. The largest absolute Gasteiger partial charge is 0.346 e. The standard InChI is InChI=1S/C17H25N3O2.ClH/c1-2-14(13-7-4-3-5-8-13)15-9-6-10-20(15)17(22)12-19-16(21)11-18;/h3-5,7-8,14-15H,2,6,9-12,18H2,1H3,(H,19,21);1H. The van der Waals surface area contributed by atoms with Gasteiger partial charge in [0.15, 0.2) is 0 Å². The zero-order chi connectivity index (χ0) is 15.9. The second kappa shape index (κ2) is 9.53. The van der Waals surface area contributed by atoms with Gasteiger partial charge in [-0.3, -0.25) is 9.59 Å². The number of nitrogens with zero attached hydrogens (tertiary/aromatic N) is 1. The molecule has 0 aliphatic carbocycles. The van der Waals surface area contributed by atoms with Crippen molar-refractivity contribution in [2.75, 3.05) is 19.6 Å². The highest BCUT2D eigenvalue weighted by molar-refractivity contribution is 5.86. The second-order valence-corrected chi connectivity index (χ2v) is 5.70. The highest BCUT2D eigenvalue weighted by Gasteiger charge is 2.34. The van der Waals surface area contributed by atoms with E-state index in [9.17, 15) is 9.59 Å². The third-order valence-electron chi connectivity index (χ3n) is 4.37. The number of hydrogen-bond acceptors (Lipinski definition) is 3. The fraction of sp³-hybridized carbons (Fsp3) is 0.529. The van der Waals surface area contributed by atoms with Gasteiger partial charge in [-0.2, -0.15) is 0 Å². The van der Waals surface area contributed by atoms with E-state index in [1.807, 2.05) is 23.1 Å². The zero-order valence-electron chi connectivity index (χ0n) is 13.5. The number of carbonyl (C=O) groups excluding carboxylic acids is 2. The lowest BCUT2D eigenvalue weighted by Gasteiger charge is -2.31. The number of nitrogens with two attached hydrogens (primary N) is 1. The first kappa shape index (κ1) is 19.5. The van der Waals surface area contributed by atoms with Crippen LogP contribution in [-0.4, -0.2) is 42.4 Å². The Kier molecular flexibility index (Phi) is 8.06. The molecule has 2 amide bonds. The molecule has 0 radical (unpaired) electrons. The summed E-state index contributed by atoms with van der Waals surface area (Å²) < 4.78 is 0. The summed E-state index contributed by atoms with van der Waals surface area (Å²) in [4.78, 5) is 25.5. The van der Waals surface area contributed by atoms with Crippen LogP contribution in [0.3, 0.4) is 0 Å². The number of hydrogen-bond donors (Lipinski definition) is 2. The van der Waals surface area contributed by atoms with Crippen LogP contribution in [0, 0.1) is 0 Å². The van der Waals surface area contributed by atoms with Gasteiger partial charge in [-0.15, -0.1) is 12.4 Å². The summed E-state index contributed by atoms with van der Waals surface area (Å²) in [5, 5.41) is 2.57. The molecule has 23 heavy (non-hydrogen) atoms. The van der Waals surface area contributed by atoms with Crippen molar-refractivity contribution in [1.82, 2.24) is 10.2 Å². The first-order valence-electron chi connectivity index (χ1n) is 7.98. The predicted octanol–water partition coefficient (Wildman–Crippen LogP) is 1.67. The molecule has 0 bridgehead atoms. The van der Waals surface area contributed by atoms with Crippen LogP contribution in [0.4, 0.5) is 0 Å². The molecule has 1 aromatic carbocycles. The molecule has 128 valence electrons. The van der Waals surface area contributed by atoms with Crippen molar-refractivity contribution in [2.24, 2.45) is 5.73 Å². The molecule has 5 nitrogen and oxygen atoms in total. The molecule has 0 spiro atoms. The average molecular weight is 340 g/mol. The lowest BCUT2D eigenvalue weighted by atomic mass is 9.87. The van der Waals surface area contributed by atoms with Gasteiger partial charge in [-0.05, 0) is 24.8 Å². The molecule has 3 N–H and O–H groups in total. The van der Waals surface area contributed by atoms with Crippen molar-refractivity contribution >= 4 is 24.2 Å². The lowest BCUT2D eigenvalue weighted by Crippen LogP contribution is -2.45. The molecule has 2 unspecified atom stereocenters. The topological polar surface area (TPSA) is 75.4 Å². The van der Waals surface area contributed by atoms with Crippen molar-refractivity contribution in [2.45, 2.75) is 38.1 Å². The van der Waals surface area contributed by atoms with E-state index in [0.717, 1.165) is 25.8 Å². The van der Waals surface area contributed by atoms with Gasteiger partial charge in [-0.25, -0.2) is 0 Å².